The summed E-state index contributed by atoms with van der Waals surface area (Å²) in [6, 6.07) is 7.16. The number of rotatable bonds is 4. The molecule has 0 spiro atoms. The summed E-state index contributed by atoms with van der Waals surface area (Å²) in [5, 5.41) is 12.0. The highest BCUT2D eigenvalue weighted by Crippen LogP contribution is 2.25. The van der Waals surface area contributed by atoms with Crippen LogP contribution in [0.3, 0.4) is 0 Å². The fraction of sp³-hybridized carbons (Fsp3) is 0.353. The van der Waals surface area contributed by atoms with Crippen molar-refractivity contribution in [2.75, 3.05) is 18.1 Å². The number of carbonyl (C=O) groups excluding carboxylic acids is 1. The van der Waals surface area contributed by atoms with Crippen LogP contribution in [0.2, 0.25) is 0 Å². The third kappa shape index (κ3) is 3.79. The van der Waals surface area contributed by atoms with Gasteiger partial charge < -0.3 is 10.0 Å². The van der Waals surface area contributed by atoms with E-state index in [0.717, 1.165) is 22.0 Å². The van der Waals surface area contributed by atoms with Gasteiger partial charge in [0.05, 0.1) is 23.2 Å². The second-order valence-electron chi connectivity index (χ2n) is 5.66. The first-order valence-corrected chi connectivity index (χ1v) is 9.71. The zero-order valence-corrected chi connectivity index (χ0v) is 14.9. The van der Waals surface area contributed by atoms with Crippen LogP contribution in [0.15, 0.2) is 29.6 Å². The molecular weight excluding hydrogens is 344 g/mol. The Morgan fingerprint density at radius 2 is 2.25 bits per heavy atom. The Balaban J connectivity index is 1.84. The van der Waals surface area contributed by atoms with Crippen molar-refractivity contribution in [1.82, 2.24) is 9.88 Å². The van der Waals surface area contributed by atoms with E-state index < -0.39 is 5.97 Å². The van der Waals surface area contributed by atoms with Crippen molar-refractivity contribution in [2.24, 2.45) is 0 Å². The molecule has 0 aliphatic carbocycles. The summed E-state index contributed by atoms with van der Waals surface area (Å²) < 4.78 is 0. The third-order valence-corrected chi connectivity index (χ3v) is 5.79. The molecule has 24 heavy (non-hydrogen) atoms. The van der Waals surface area contributed by atoms with E-state index in [2.05, 4.69) is 4.98 Å². The van der Waals surface area contributed by atoms with Gasteiger partial charge in [0, 0.05) is 34.6 Å². The first kappa shape index (κ1) is 17.0. The molecule has 0 bridgehead atoms. The zero-order valence-electron chi connectivity index (χ0n) is 13.3. The highest BCUT2D eigenvalue weighted by Gasteiger charge is 2.29. The molecule has 1 aromatic heterocycles. The van der Waals surface area contributed by atoms with Crippen molar-refractivity contribution in [1.29, 1.82) is 0 Å². The molecule has 1 aliphatic rings. The van der Waals surface area contributed by atoms with E-state index in [9.17, 15) is 9.59 Å². The number of thioether (sulfide) groups is 1. The van der Waals surface area contributed by atoms with E-state index in [0.29, 0.717) is 17.9 Å². The van der Waals surface area contributed by atoms with E-state index >= 15 is 0 Å². The second-order valence-corrected chi connectivity index (χ2v) is 7.87. The summed E-state index contributed by atoms with van der Waals surface area (Å²) in [5.41, 5.74) is 2.36. The highest BCUT2D eigenvalue weighted by molar-refractivity contribution is 7.99. The summed E-state index contributed by atoms with van der Waals surface area (Å²) in [6.07, 6.45) is -0.0102. The number of carboxylic acids is 1. The lowest BCUT2D eigenvalue weighted by Crippen LogP contribution is -2.47. The first-order valence-electron chi connectivity index (χ1n) is 7.67. The molecule has 0 radical (unpaired) electrons. The van der Waals surface area contributed by atoms with Gasteiger partial charge in [-0.1, -0.05) is 12.1 Å². The summed E-state index contributed by atoms with van der Waals surface area (Å²) in [7, 11) is 0. The first-order chi connectivity index (χ1) is 11.5. The number of hydrogen-bond donors (Lipinski definition) is 1. The fourth-order valence-corrected chi connectivity index (χ4v) is 4.45. The van der Waals surface area contributed by atoms with Gasteiger partial charge in [-0.3, -0.25) is 9.59 Å². The maximum absolute atomic E-state index is 12.9. The molecule has 1 unspecified atom stereocenters. The van der Waals surface area contributed by atoms with Gasteiger partial charge in [0.15, 0.2) is 0 Å². The van der Waals surface area contributed by atoms with Crippen LogP contribution in [-0.2, 0) is 4.79 Å². The molecule has 2 heterocycles. The average molecular weight is 362 g/mol. The van der Waals surface area contributed by atoms with Gasteiger partial charge >= 0.3 is 5.97 Å². The molecule has 5 nitrogen and oxygen atoms in total. The van der Waals surface area contributed by atoms with Crippen molar-refractivity contribution < 1.29 is 14.7 Å². The smallest absolute Gasteiger partial charge is 0.305 e. The van der Waals surface area contributed by atoms with Gasteiger partial charge in [0.25, 0.3) is 5.91 Å². The maximum atomic E-state index is 12.9. The number of aliphatic carboxylic acids is 1. The number of amides is 1. The summed E-state index contributed by atoms with van der Waals surface area (Å²) in [4.78, 5) is 30.1. The number of carbonyl (C=O) groups is 2. The van der Waals surface area contributed by atoms with Crippen LogP contribution in [0, 0.1) is 6.92 Å². The fourth-order valence-electron chi connectivity index (χ4n) is 2.77. The van der Waals surface area contributed by atoms with E-state index in [1.807, 2.05) is 30.5 Å². The standard InChI is InChI=1S/C17H18N2O3S2/c1-11-18-15(10-24-11)12-3-2-4-13(7-12)17(22)19-5-6-23-9-14(19)8-16(20)21/h2-4,7,10,14H,5-6,8-9H2,1H3,(H,20,21). The molecular formula is C17H18N2O3S2. The minimum Gasteiger partial charge on any atom is -0.481 e. The Morgan fingerprint density at radius 3 is 2.96 bits per heavy atom. The lowest BCUT2D eigenvalue weighted by atomic mass is 10.1. The molecule has 1 fully saturated rings. The number of thiazole rings is 1. The van der Waals surface area contributed by atoms with Gasteiger partial charge in [-0.2, -0.15) is 11.8 Å². The Bertz CT molecular complexity index is 760. The van der Waals surface area contributed by atoms with Gasteiger partial charge in [-0.15, -0.1) is 11.3 Å². The Morgan fingerprint density at radius 1 is 1.42 bits per heavy atom. The molecule has 0 saturated carbocycles. The summed E-state index contributed by atoms with van der Waals surface area (Å²) in [6.45, 7) is 2.53. The number of carboxylic acid groups (broad SMARTS) is 1. The maximum Gasteiger partial charge on any atom is 0.305 e. The number of aryl methyl sites for hydroxylation is 1. The van der Waals surface area contributed by atoms with E-state index in [4.69, 9.17) is 5.11 Å². The normalized spacial score (nSPS) is 17.7. The SMILES string of the molecule is Cc1nc(-c2cccc(C(=O)N3CCSCC3CC(=O)O)c2)cs1. The second kappa shape index (κ2) is 7.36. The van der Waals surface area contributed by atoms with Crippen molar-refractivity contribution in [2.45, 2.75) is 19.4 Å². The molecule has 7 heteroatoms. The van der Waals surface area contributed by atoms with Crippen LogP contribution in [0.25, 0.3) is 11.3 Å². The van der Waals surface area contributed by atoms with Crippen molar-refractivity contribution in [3.8, 4) is 11.3 Å². The lowest BCUT2D eigenvalue weighted by molar-refractivity contribution is -0.138. The molecule has 1 N–H and O–H groups in total. The quantitative estimate of drug-likeness (QED) is 0.905. The Hall–Kier alpha value is -1.86. The average Bonchev–Trinajstić information content (AvgIpc) is 3.01. The van der Waals surface area contributed by atoms with Crippen LogP contribution in [-0.4, -0.2) is 51.0 Å². The Labute approximate surface area is 148 Å². The highest BCUT2D eigenvalue weighted by atomic mass is 32.2. The minimum absolute atomic E-state index is 0.0102. The number of aromatic nitrogens is 1. The third-order valence-electron chi connectivity index (χ3n) is 3.92. The summed E-state index contributed by atoms with van der Waals surface area (Å²) in [5.74, 6) is 0.540. The van der Waals surface area contributed by atoms with Gasteiger partial charge in [0.2, 0.25) is 0 Å². The van der Waals surface area contributed by atoms with E-state index in [1.165, 1.54) is 0 Å². The molecule has 1 aliphatic heterocycles. The molecule has 126 valence electrons. The number of nitrogens with zero attached hydrogens (tertiary/aromatic N) is 2. The van der Waals surface area contributed by atoms with Gasteiger partial charge in [-0.25, -0.2) is 4.98 Å². The van der Waals surface area contributed by atoms with Crippen molar-refractivity contribution >= 4 is 35.0 Å². The molecule has 1 aromatic carbocycles. The van der Waals surface area contributed by atoms with Crippen LogP contribution < -0.4 is 0 Å². The van der Waals surface area contributed by atoms with E-state index in [1.54, 1.807) is 34.1 Å². The van der Waals surface area contributed by atoms with Gasteiger partial charge in [0.1, 0.15) is 0 Å². The van der Waals surface area contributed by atoms with Crippen LogP contribution in [0.4, 0.5) is 0 Å². The monoisotopic (exact) mass is 362 g/mol. The molecule has 2 aromatic rings. The topological polar surface area (TPSA) is 70.5 Å². The minimum atomic E-state index is -0.869. The predicted molar refractivity (Wildman–Crippen MR) is 96.7 cm³/mol. The molecule has 3 rings (SSSR count). The number of hydrogen-bond acceptors (Lipinski definition) is 5. The van der Waals surface area contributed by atoms with Crippen LogP contribution >= 0.6 is 23.1 Å². The van der Waals surface area contributed by atoms with Crippen molar-refractivity contribution in [3.63, 3.8) is 0 Å². The largest absolute Gasteiger partial charge is 0.481 e. The van der Waals surface area contributed by atoms with Gasteiger partial charge in [-0.05, 0) is 19.1 Å². The molecule has 1 saturated heterocycles. The zero-order chi connectivity index (χ0) is 17.1. The van der Waals surface area contributed by atoms with Crippen LogP contribution in [0.1, 0.15) is 21.8 Å². The number of benzene rings is 1. The summed E-state index contributed by atoms with van der Waals surface area (Å²) >= 11 is 3.27. The van der Waals surface area contributed by atoms with E-state index in [-0.39, 0.29) is 18.4 Å². The Kier molecular flexibility index (Phi) is 5.20. The molecule has 1 atom stereocenters. The predicted octanol–water partition coefficient (Wildman–Crippen LogP) is 3.15. The van der Waals surface area contributed by atoms with Crippen molar-refractivity contribution in [3.05, 3.63) is 40.2 Å². The van der Waals surface area contributed by atoms with Crippen LogP contribution in [0.5, 0.6) is 0 Å². The molecule has 1 amide bonds. The lowest BCUT2D eigenvalue weighted by Gasteiger charge is -2.34.